The van der Waals surface area contributed by atoms with E-state index in [1.807, 2.05) is 0 Å². The highest BCUT2D eigenvalue weighted by atomic mass is 32.2. The Bertz CT molecular complexity index is 272. The predicted octanol–water partition coefficient (Wildman–Crippen LogP) is -0.491. The third-order valence-electron chi connectivity index (χ3n) is 1.10. The first-order valence-corrected chi connectivity index (χ1v) is 4.64. The van der Waals surface area contributed by atoms with Crippen molar-refractivity contribution in [1.29, 1.82) is 0 Å². The highest BCUT2D eigenvalue weighted by Gasteiger charge is 2.04. The molecule has 1 atom stereocenters. The Labute approximate surface area is 79.8 Å². The van der Waals surface area contributed by atoms with Gasteiger partial charge in [-0.2, -0.15) is 15.0 Å². The van der Waals surface area contributed by atoms with E-state index in [9.17, 15) is 0 Å². The summed E-state index contributed by atoms with van der Waals surface area (Å²) >= 11 is 1.28. The van der Waals surface area contributed by atoms with Crippen LogP contribution >= 0.6 is 11.8 Å². The summed E-state index contributed by atoms with van der Waals surface area (Å²) in [6.07, 6.45) is -0.413. The molecule has 0 amide bonds. The summed E-state index contributed by atoms with van der Waals surface area (Å²) in [5.74, 6) is 0.698. The number of aliphatic hydroxyl groups is 1. The molecule has 0 saturated carbocycles. The van der Waals surface area contributed by atoms with Crippen LogP contribution in [0.1, 0.15) is 6.92 Å². The maximum Gasteiger partial charge on any atom is 0.225 e. The zero-order valence-corrected chi connectivity index (χ0v) is 7.95. The quantitative estimate of drug-likeness (QED) is 0.566. The van der Waals surface area contributed by atoms with Crippen molar-refractivity contribution < 1.29 is 5.11 Å². The summed E-state index contributed by atoms with van der Waals surface area (Å²) in [5.41, 5.74) is 10.7. The first-order valence-electron chi connectivity index (χ1n) is 3.66. The normalized spacial score (nSPS) is 12.8. The topological polar surface area (TPSA) is 111 Å². The number of aromatic nitrogens is 3. The molecule has 0 aliphatic heterocycles. The number of nitrogen functional groups attached to an aromatic ring is 2. The van der Waals surface area contributed by atoms with E-state index in [1.54, 1.807) is 6.92 Å². The van der Waals surface area contributed by atoms with Crippen LogP contribution in [0.5, 0.6) is 0 Å². The van der Waals surface area contributed by atoms with Gasteiger partial charge in [0, 0.05) is 5.75 Å². The van der Waals surface area contributed by atoms with Crippen LogP contribution in [0.3, 0.4) is 0 Å². The van der Waals surface area contributed by atoms with E-state index in [0.29, 0.717) is 10.9 Å². The number of nitrogens with two attached hydrogens (primary N) is 2. The van der Waals surface area contributed by atoms with E-state index in [4.69, 9.17) is 16.6 Å². The lowest BCUT2D eigenvalue weighted by Crippen LogP contribution is -2.07. The van der Waals surface area contributed by atoms with Crippen molar-refractivity contribution in [2.75, 3.05) is 17.2 Å². The van der Waals surface area contributed by atoms with E-state index < -0.39 is 6.10 Å². The monoisotopic (exact) mass is 201 g/mol. The first kappa shape index (κ1) is 10.0. The summed E-state index contributed by atoms with van der Waals surface area (Å²) in [4.78, 5) is 11.3. The fourth-order valence-electron chi connectivity index (χ4n) is 0.648. The van der Waals surface area contributed by atoms with Crippen molar-refractivity contribution in [3.8, 4) is 0 Å². The maximum absolute atomic E-state index is 9.00. The van der Waals surface area contributed by atoms with Gasteiger partial charge in [-0.25, -0.2) is 0 Å². The van der Waals surface area contributed by atoms with E-state index in [0.717, 1.165) is 0 Å². The minimum absolute atomic E-state index is 0.0978. The average Bonchev–Trinajstić information content (AvgIpc) is 1.99. The van der Waals surface area contributed by atoms with Crippen LogP contribution < -0.4 is 11.5 Å². The molecule has 0 bridgehead atoms. The molecule has 1 unspecified atom stereocenters. The van der Waals surface area contributed by atoms with E-state index in [1.165, 1.54) is 11.8 Å². The lowest BCUT2D eigenvalue weighted by molar-refractivity contribution is 0.220. The van der Waals surface area contributed by atoms with Crippen molar-refractivity contribution in [3.63, 3.8) is 0 Å². The second-order valence-electron chi connectivity index (χ2n) is 2.49. The Morgan fingerprint density at radius 3 is 2.31 bits per heavy atom. The molecule has 0 fully saturated rings. The summed E-state index contributed by atoms with van der Waals surface area (Å²) in [6, 6.07) is 0. The maximum atomic E-state index is 9.00. The molecule has 0 saturated heterocycles. The molecule has 0 aromatic carbocycles. The van der Waals surface area contributed by atoms with Crippen LogP contribution in [0.15, 0.2) is 5.16 Å². The minimum atomic E-state index is -0.413. The molecular formula is C6H11N5OS. The number of nitrogens with zero attached hydrogens (tertiary/aromatic N) is 3. The van der Waals surface area contributed by atoms with Gasteiger partial charge in [0.2, 0.25) is 11.9 Å². The molecule has 5 N–H and O–H groups in total. The van der Waals surface area contributed by atoms with Crippen molar-refractivity contribution in [2.45, 2.75) is 18.2 Å². The van der Waals surface area contributed by atoms with Crippen LogP contribution in [0, 0.1) is 0 Å². The second-order valence-corrected chi connectivity index (χ2v) is 3.48. The van der Waals surface area contributed by atoms with Gasteiger partial charge in [-0.05, 0) is 6.92 Å². The average molecular weight is 201 g/mol. The van der Waals surface area contributed by atoms with Crippen LogP contribution in [-0.2, 0) is 0 Å². The lowest BCUT2D eigenvalue weighted by atomic mass is 10.5. The Kier molecular flexibility index (Phi) is 3.26. The number of hydrogen-bond donors (Lipinski definition) is 3. The Morgan fingerprint density at radius 2 is 1.85 bits per heavy atom. The van der Waals surface area contributed by atoms with E-state index >= 15 is 0 Å². The lowest BCUT2D eigenvalue weighted by Gasteiger charge is -2.03. The molecule has 0 aliphatic rings. The third-order valence-corrected chi connectivity index (χ3v) is 2.19. The third kappa shape index (κ3) is 3.43. The summed E-state index contributed by atoms with van der Waals surface area (Å²) in [6.45, 7) is 1.68. The number of aliphatic hydroxyl groups excluding tert-OH is 1. The van der Waals surface area contributed by atoms with Gasteiger partial charge in [-0.3, -0.25) is 0 Å². The van der Waals surface area contributed by atoms with Gasteiger partial charge in [0.25, 0.3) is 0 Å². The number of hydrogen-bond acceptors (Lipinski definition) is 7. The van der Waals surface area contributed by atoms with Crippen LogP contribution in [0.2, 0.25) is 0 Å². The van der Waals surface area contributed by atoms with Gasteiger partial charge in [0.1, 0.15) is 0 Å². The van der Waals surface area contributed by atoms with Crippen molar-refractivity contribution in [3.05, 3.63) is 0 Å². The second kappa shape index (κ2) is 4.24. The fourth-order valence-corrected chi connectivity index (χ4v) is 1.35. The summed E-state index contributed by atoms with van der Waals surface area (Å²) < 4.78 is 0. The molecule has 1 aromatic heterocycles. The largest absolute Gasteiger partial charge is 0.393 e. The molecule has 72 valence electrons. The molecule has 0 radical (unpaired) electrons. The van der Waals surface area contributed by atoms with Crippen molar-refractivity contribution in [2.24, 2.45) is 0 Å². The molecule has 0 aliphatic carbocycles. The number of anilines is 2. The highest BCUT2D eigenvalue weighted by Crippen LogP contribution is 2.14. The SMILES string of the molecule is CC(O)CSc1nc(N)nc(N)n1. The molecule has 1 aromatic rings. The molecule has 1 rings (SSSR count). The van der Waals surface area contributed by atoms with Crippen LogP contribution in [-0.4, -0.2) is 31.9 Å². The summed E-state index contributed by atoms with van der Waals surface area (Å²) in [5, 5.41) is 9.43. The molecule has 7 heteroatoms. The Balaban J connectivity index is 2.66. The molecule has 13 heavy (non-hydrogen) atoms. The van der Waals surface area contributed by atoms with Gasteiger partial charge < -0.3 is 16.6 Å². The smallest absolute Gasteiger partial charge is 0.225 e. The highest BCUT2D eigenvalue weighted by molar-refractivity contribution is 7.99. The Morgan fingerprint density at radius 1 is 1.31 bits per heavy atom. The van der Waals surface area contributed by atoms with Gasteiger partial charge >= 0.3 is 0 Å². The molecule has 0 spiro atoms. The predicted molar refractivity (Wildman–Crippen MR) is 51.1 cm³/mol. The van der Waals surface area contributed by atoms with E-state index in [-0.39, 0.29) is 11.9 Å². The zero-order valence-electron chi connectivity index (χ0n) is 7.14. The van der Waals surface area contributed by atoms with Crippen LogP contribution in [0.4, 0.5) is 11.9 Å². The Hall–Kier alpha value is -1.08. The summed E-state index contributed by atoms with van der Waals surface area (Å²) in [7, 11) is 0. The fraction of sp³-hybridized carbons (Fsp3) is 0.500. The molecule has 1 heterocycles. The van der Waals surface area contributed by atoms with Gasteiger partial charge in [0.05, 0.1) is 6.10 Å². The molecular weight excluding hydrogens is 190 g/mol. The zero-order chi connectivity index (χ0) is 9.84. The van der Waals surface area contributed by atoms with Crippen LogP contribution in [0.25, 0.3) is 0 Å². The number of rotatable bonds is 3. The van der Waals surface area contributed by atoms with Gasteiger partial charge in [-0.1, -0.05) is 11.8 Å². The van der Waals surface area contributed by atoms with Gasteiger partial charge in [-0.15, -0.1) is 0 Å². The standard InChI is InChI=1S/C6H11N5OS/c1-3(12)2-13-6-10-4(7)9-5(8)11-6/h3,12H,2H2,1H3,(H4,7,8,9,10,11). The van der Waals surface area contributed by atoms with Crippen molar-refractivity contribution >= 4 is 23.7 Å². The van der Waals surface area contributed by atoms with E-state index in [2.05, 4.69) is 15.0 Å². The number of thioether (sulfide) groups is 1. The minimum Gasteiger partial charge on any atom is -0.393 e. The first-order chi connectivity index (χ1) is 6.08. The van der Waals surface area contributed by atoms with Gasteiger partial charge in [0.15, 0.2) is 5.16 Å². The van der Waals surface area contributed by atoms with Crippen molar-refractivity contribution in [1.82, 2.24) is 15.0 Å². The molecule has 6 nitrogen and oxygen atoms in total.